The molecular formula is C17H17ClN2S. The maximum atomic E-state index is 6.34. The number of rotatable bonds is 5. The highest BCUT2D eigenvalue weighted by molar-refractivity contribution is 7.18. The van der Waals surface area contributed by atoms with Crippen LogP contribution in [0, 0.1) is 0 Å². The van der Waals surface area contributed by atoms with Crippen LogP contribution in [0.5, 0.6) is 0 Å². The molecule has 1 atom stereocenters. The van der Waals surface area contributed by atoms with Crippen molar-refractivity contribution in [3.63, 3.8) is 0 Å². The molecule has 0 aliphatic carbocycles. The molecule has 0 aliphatic rings. The molecule has 0 amide bonds. The van der Waals surface area contributed by atoms with Gasteiger partial charge in [0.05, 0.1) is 15.2 Å². The van der Waals surface area contributed by atoms with Crippen molar-refractivity contribution >= 4 is 33.2 Å². The fourth-order valence-electron chi connectivity index (χ4n) is 2.48. The summed E-state index contributed by atoms with van der Waals surface area (Å²) in [5.74, 6) is 0. The van der Waals surface area contributed by atoms with E-state index in [1.54, 1.807) is 11.3 Å². The third-order valence-electron chi connectivity index (χ3n) is 3.45. The zero-order valence-electron chi connectivity index (χ0n) is 11.8. The van der Waals surface area contributed by atoms with Crippen molar-refractivity contribution in [2.45, 2.75) is 19.4 Å². The van der Waals surface area contributed by atoms with Gasteiger partial charge in [-0.3, -0.25) is 0 Å². The van der Waals surface area contributed by atoms with Crippen LogP contribution in [-0.2, 0) is 6.42 Å². The predicted molar refractivity (Wildman–Crippen MR) is 91.2 cm³/mol. The number of benzene rings is 2. The maximum absolute atomic E-state index is 6.34. The Balaban J connectivity index is 1.90. The number of halogens is 1. The molecule has 1 unspecified atom stereocenters. The zero-order chi connectivity index (χ0) is 14.7. The average Bonchev–Trinajstić information content (AvgIpc) is 2.89. The second kappa shape index (κ2) is 6.56. The van der Waals surface area contributed by atoms with Gasteiger partial charge in [0, 0.05) is 17.5 Å². The van der Waals surface area contributed by atoms with Crippen molar-refractivity contribution in [3.05, 3.63) is 64.1 Å². The highest BCUT2D eigenvalue weighted by Gasteiger charge is 2.16. The molecule has 2 aromatic carbocycles. The lowest BCUT2D eigenvalue weighted by Gasteiger charge is -2.18. The fraction of sp³-hybridized carbons (Fsp3) is 0.235. The molecule has 0 aliphatic heterocycles. The molecule has 1 N–H and O–H groups in total. The van der Waals surface area contributed by atoms with Gasteiger partial charge in [-0.1, -0.05) is 48.9 Å². The number of hydrogen-bond donors (Lipinski definition) is 1. The smallest absolute Gasteiger partial charge is 0.0957 e. The molecule has 0 fully saturated rings. The van der Waals surface area contributed by atoms with Crippen molar-refractivity contribution in [3.8, 4) is 0 Å². The summed E-state index contributed by atoms with van der Waals surface area (Å²) in [6.07, 6.45) is 0.858. The minimum atomic E-state index is 0.198. The number of hydrogen-bond acceptors (Lipinski definition) is 3. The molecule has 108 valence electrons. The first-order valence-electron chi connectivity index (χ1n) is 7.10. The molecule has 0 radical (unpaired) electrons. The minimum Gasteiger partial charge on any atom is -0.310 e. The summed E-state index contributed by atoms with van der Waals surface area (Å²) in [7, 11) is 0. The maximum Gasteiger partial charge on any atom is 0.0957 e. The van der Waals surface area contributed by atoms with E-state index in [0.29, 0.717) is 0 Å². The van der Waals surface area contributed by atoms with Gasteiger partial charge in [0.25, 0.3) is 0 Å². The second-order valence-corrected chi connectivity index (χ2v) is 6.43. The quantitative estimate of drug-likeness (QED) is 0.728. The molecule has 21 heavy (non-hydrogen) atoms. The summed E-state index contributed by atoms with van der Waals surface area (Å²) in [6.45, 7) is 3.02. The van der Waals surface area contributed by atoms with Crippen molar-refractivity contribution in [2.24, 2.45) is 0 Å². The molecule has 0 bridgehead atoms. The topological polar surface area (TPSA) is 24.9 Å². The van der Waals surface area contributed by atoms with E-state index in [0.717, 1.165) is 34.1 Å². The Morgan fingerprint density at radius 3 is 2.67 bits per heavy atom. The largest absolute Gasteiger partial charge is 0.310 e. The second-order valence-electron chi connectivity index (χ2n) is 4.91. The highest BCUT2D eigenvalue weighted by atomic mass is 35.5. The first kappa shape index (κ1) is 14.5. The van der Waals surface area contributed by atoms with Crippen LogP contribution in [0.25, 0.3) is 10.2 Å². The van der Waals surface area contributed by atoms with Crippen LogP contribution in [0.4, 0.5) is 0 Å². The first-order chi connectivity index (χ1) is 10.3. The van der Waals surface area contributed by atoms with E-state index in [4.69, 9.17) is 16.6 Å². The first-order valence-corrected chi connectivity index (χ1v) is 8.29. The molecule has 0 spiro atoms. The molecule has 0 saturated carbocycles. The molecule has 3 rings (SSSR count). The molecule has 1 aromatic heterocycles. The molecule has 2 nitrogen and oxygen atoms in total. The van der Waals surface area contributed by atoms with Crippen molar-refractivity contribution in [1.29, 1.82) is 0 Å². The van der Waals surface area contributed by atoms with Gasteiger partial charge in [-0.25, -0.2) is 4.98 Å². The predicted octanol–water partition coefficient (Wildman–Crippen LogP) is 4.84. The van der Waals surface area contributed by atoms with Crippen LogP contribution in [0.1, 0.15) is 23.5 Å². The molecular weight excluding hydrogens is 300 g/mol. The SMILES string of the molecule is CCNC(Cc1nc2ccccc2s1)c1ccccc1Cl. The van der Waals surface area contributed by atoms with Crippen molar-refractivity contribution in [2.75, 3.05) is 6.54 Å². The van der Waals surface area contributed by atoms with Crippen LogP contribution < -0.4 is 5.32 Å². The molecule has 4 heteroatoms. The van der Waals surface area contributed by atoms with E-state index < -0.39 is 0 Å². The Labute approximate surface area is 133 Å². The van der Waals surface area contributed by atoms with Gasteiger partial charge < -0.3 is 5.32 Å². The molecule has 3 aromatic rings. The third kappa shape index (κ3) is 3.26. The number of likely N-dealkylation sites (N-methyl/N-ethyl adjacent to an activating group) is 1. The average molecular weight is 317 g/mol. The zero-order valence-corrected chi connectivity index (χ0v) is 13.4. The lowest BCUT2D eigenvalue weighted by Crippen LogP contribution is -2.23. The van der Waals surface area contributed by atoms with E-state index in [-0.39, 0.29) is 6.04 Å². The monoisotopic (exact) mass is 316 g/mol. The Morgan fingerprint density at radius 1 is 1.14 bits per heavy atom. The summed E-state index contributed by atoms with van der Waals surface area (Å²) in [4.78, 5) is 4.73. The number of fused-ring (bicyclic) bond motifs is 1. The number of para-hydroxylation sites is 1. The van der Waals surface area contributed by atoms with Gasteiger partial charge in [0.15, 0.2) is 0 Å². The van der Waals surface area contributed by atoms with Crippen LogP contribution in [0.3, 0.4) is 0 Å². The Morgan fingerprint density at radius 2 is 1.90 bits per heavy atom. The van der Waals surface area contributed by atoms with E-state index in [1.165, 1.54) is 4.70 Å². The number of nitrogens with zero attached hydrogens (tertiary/aromatic N) is 1. The van der Waals surface area contributed by atoms with Gasteiger partial charge in [0.1, 0.15) is 0 Å². The van der Waals surface area contributed by atoms with Crippen LogP contribution in [0.2, 0.25) is 5.02 Å². The Kier molecular flexibility index (Phi) is 4.54. The van der Waals surface area contributed by atoms with Gasteiger partial charge in [-0.05, 0) is 30.3 Å². The molecule has 1 heterocycles. The highest BCUT2D eigenvalue weighted by Crippen LogP contribution is 2.29. The summed E-state index contributed by atoms with van der Waals surface area (Å²) < 4.78 is 1.24. The van der Waals surface area contributed by atoms with E-state index >= 15 is 0 Å². The Bertz CT molecular complexity index is 705. The van der Waals surface area contributed by atoms with Gasteiger partial charge in [-0.2, -0.15) is 0 Å². The van der Waals surface area contributed by atoms with Gasteiger partial charge in [0.2, 0.25) is 0 Å². The Hall–Kier alpha value is -1.42. The number of nitrogens with one attached hydrogen (secondary N) is 1. The van der Waals surface area contributed by atoms with Crippen LogP contribution >= 0.6 is 22.9 Å². The lowest BCUT2D eigenvalue weighted by molar-refractivity contribution is 0.549. The summed E-state index contributed by atoms with van der Waals surface area (Å²) in [5.41, 5.74) is 2.21. The molecule has 0 saturated heterocycles. The number of thiazole rings is 1. The number of aromatic nitrogens is 1. The van der Waals surface area contributed by atoms with Crippen molar-refractivity contribution < 1.29 is 0 Å². The third-order valence-corrected chi connectivity index (χ3v) is 4.85. The summed E-state index contributed by atoms with van der Waals surface area (Å²) >= 11 is 8.10. The van der Waals surface area contributed by atoms with Gasteiger partial charge >= 0.3 is 0 Å². The summed E-state index contributed by atoms with van der Waals surface area (Å²) in [5, 5.41) is 5.47. The van der Waals surface area contributed by atoms with E-state index in [1.807, 2.05) is 24.3 Å². The fourth-order valence-corrected chi connectivity index (χ4v) is 3.76. The minimum absolute atomic E-state index is 0.198. The van der Waals surface area contributed by atoms with Crippen LogP contribution in [-0.4, -0.2) is 11.5 Å². The van der Waals surface area contributed by atoms with Crippen molar-refractivity contribution in [1.82, 2.24) is 10.3 Å². The standard InChI is InChI=1S/C17H17ClN2S/c1-2-19-15(12-7-3-4-8-13(12)18)11-17-20-14-9-5-6-10-16(14)21-17/h3-10,15,19H,2,11H2,1H3. The normalized spacial score (nSPS) is 12.7. The summed E-state index contributed by atoms with van der Waals surface area (Å²) in [6, 6.07) is 16.5. The van der Waals surface area contributed by atoms with E-state index in [9.17, 15) is 0 Å². The van der Waals surface area contributed by atoms with Gasteiger partial charge in [-0.15, -0.1) is 11.3 Å². The van der Waals surface area contributed by atoms with E-state index in [2.05, 4.69) is 36.5 Å². The lowest BCUT2D eigenvalue weighted by atomic mass is 10.0. The van der Waals surface area contributed by atoms with Crippen LogP contribution in [0.15, 0.2) is 48.5 Å².